The lowest BCUT2D eigenvalue weighted by Gasteiger charge is -2.15. The van der Waals surface area contributed by atoms with Crippen LogP contribution in [0.2, 0.25) is 0 Å². The molecule has 0 radical (unpaired) electrons. The Morgan fingerprint density at radius 1 is 1.33 bits per heavy atom. The van der Waals surface area contributed by atoms with Crippen LogP contribution in [-0.4, -0.2) is 18.5 Å². The summed E-state index contributed by atoms with van der Waals surface area (Å²) < 4.78 is 10.6. The minimum atomic E-state index is -0.334. The molecular weight excluding hydrogens is 156 g/mol. The molecule has 0 aliphatic carbocycles. The molecule has 0 amide bonds. The van der Waals surface area contributed by atoms with E-state index in [1.807, 2.05) is 20.8 Å². The highest BCUT2D eigenvalue weighted by atomic mass is 16.7. The zero-order valence-electron chi connectivity index (χ0n) is 7.50. The number of rotatable bonds is 0. The minimum Gasteiger partial charge on any atom is -0.348 e. The van der Waals surface area contributed by atoms with E-state index in [4.69, 9.17) is 20.0 Å². The molecule has 1 heterocycles. The molecule has 0 aromatic rings. The molecule has 4 nitrogen and oxygen atoms in total. The van der Waals surface area contributed by atoms with Crippen molar-refractivity contribution in [3.05, 3.63) is 0 Å². The summed E-state index contributed by atoms with van der Waals surface area (Å²) in [4.78, 5) is 0. The Hall–Kier alpha value is -1.10. The lowest BCUT2D eigenvalue weighted by Crippen LogP contribution is -2.20. The van der Waals surface area contributed by atoms with E-state index < -0.39 is 0 Å². The predicted octanol–water partition coefficient (Wildman–Crippen LogP) is 1.19. The first-order chi connectivity index (χ1) is 5.52. The second kappa shape index (κ2) is 4.71. The minimum absolute atomic E-state index is 0.269. The zero-order chi connectivity index (χ0) is 9.61. The zero-order valence-corrected chi connectivity index (χ0v) is 7.50. The van der Waals surface area contributed by atoms with Crippen molar-refractivity contribution in [2.75, 3.05) is 6.61 Å². The summed E-state index contributed by atoms with van der Waals surface area (Å²) in [5, 5.41) is 14.5. The van der Waals surface area contributed by atoms with Gasteiger partial charge in [0.2, 0.25) is 0 Å². The van der Waals surface area contributed by atoms with Gasteiger partial charge in [-0.1, -0.05) is 0 Å². The molecule has 0 aromatic heterocycles. The fourth-order valence-corrected chi connectivity index (χ4v) is 0.871. The molecule has 0 aromatic carbocycles. The summed E-state index contributed by atoms with van der Waals surface area (Å²) in [5.41, 5.74) is 0. The highest BCUT2D eigenvalue weighted by Gasteiger charge is 2.29. The molecular formula is C8H12N2O2. The van der Waals surface area contributed by atoms with Crippen molar-refractivity contribution in [1.29, 1.82) is 10.5 Å². The molecule has 0 saturated carbocycles. The van der Waals surface area contributed by atoms with Gasteiger partial charge < -0.3 is 9.47 Å². The fourth-order valence-electron chi connectivity index (χ4n) is 0.871. The molecule has 1 fully saturated rings. The van der Waals surface area contributed by atoms with Crippen LogP contribution in [0.4, 0.5) is 0 Å². The molecule has 12 heavy (non-hydrogen) atoms. The molecule has 0 bridgehead atoms. The summed E-state index contributed by atoms with van der Waals surface area (Å²) >= 11 is 0. The topological polar surface area (TPSA) is 66.0 Å². The maximum absolute atomic E-state index is 7.26. The van der Waals surface area contributed by atoms with Crippen LogP contribution in [0.15, 0.2) is 0 Å². The van der Waals surface area contributed by atoms with Gasteiger partial charge in [-0.15, -0.1) is 0 Å². The highest BCUT2D eigenvalue weighted by molar-refractivity contribution is 4.99. The second-order valence-electron chi connectivity index (χ2n) is 2.86. The van der Waals surface area contributed by atoms with Gasteiger partial charge >= 0.3 is 0 Å². The van der Waals surface area contributed by atoms with Crippen LogP contribution in [-0.2, 0) is 9.47 Å². The van der Waals surface area contributed by atoms with E-state index in [2.05, 4.69) is 0 Å². The van der Waals surface area contributed by atoms with E-state index in [9.17, 15) is 0 Å². The average molecular weight is 168 g/mol. The molecule has 0 N–H and O–H groups in total. The summed E-state index contributed by atoms with van der Waals surface area (Å²) in [6.45, 7) is 6.59. The Bertz CT molecular complexity index is 200. The SMILES string of the molecule is CC1COC(C)(C)O1.N#CC#N. The summed E-state index contributed by atoms with van der Waals surface area (Å²) in [7, 11) is 0. The molecule has 4 heteroatoms. The van der Waals surface area contributed by atoms with Crippen LogP contribution >= 0.6 is 0 Å². The van der Waals surface area contributed by atoms with Crippen molar-refractivity contribution in [3.63, 3.8) is 0 Å². The van der Waals surface area contributed by atoms with Crippen molar-refractivity contribution >= 4 is 0 Å². The quantitative estimate of drug-likeness (QED) is 0.545. The van der Waals surface area contributed by atoms with Gasteiger partial charge in [-0.25, -0.2) is 0 Å². The van der Waals surface area contributed by atoms with E-state index in [1.165, 1.54) is 12.1 Å². The van der Waals surface area contributed by atoms with Gasteiger partial charge in [-0.3, -0.25) is 0 Å². The highest BCUT2D eigenvalue weighted by Crippen LogP contribution is 2.21. The molecule has 1 rings (SSSR count). The second-order valence-corrected chi connectivity index (χ2v) is 2.86. The van der Waals surface area contributed by atoms with Crippen LogP contribution in [0.25, 0.3) is 0 Å². The number of nitrogens with zero attached hydrogens (tertiary/aromatic N) is 2. The largest absolute Gasteiger partial charge is 0.348 e. The van der Waals surface area contributed by atoms with Crippen LogP contribution < -0.4 is 0 Å². The third-order valence-electron chi connectivity index (χ3n) is 1.20. The normalized spacial score (nSPS) is 24.6. The van der Waals surface area contributed by atoms with Gasteiger partial charge in [0.25, 0.3) is 0 Å². The van der Waals surface area contributed by atoms with Crippen LogP contribution in [0.1, 0.15) is 20.8 Å². The Labute approximate surface area is 72.3 Å². The Balaban J connectivity index is 0.000000261. The molecule has 1 saturated heterocycles. The van der Waals surface area contributed by atoms with Gasteiger partial charge in [0, 0.05) is 0 Å². The van der Waals surface area contributed by atoms with Crippen molar-refractivity contribution in [2.24, 2.45) is 0 Å². The van der Waals surface area contributed by atoms with Crippen molar-refractivity contribution in [2.45, 2.75) is 32.7 Å². The summed E-state index contributed by atoms with van der Waals surface area (Å²) in [6, 6.07) is 2.47. The third-order valence-corrected chi connectivity index (χ3v) is 1.20. The monoisotopic (exact) mass is 168 g/mol. The van der Waals surface area contributed by atoms with Crippen molar-refractivity contribution < 1.29 is 9.47 Å². The van der Waals surface area contributed by atoms with Crippen LogP contribution in [0, 0.1) is 22.7 Å². The Morgan fingerprint density at radius 2 is 1.83 bits per heavy atom. The standard InChI is InChI=1S/C6H12O2.C2N2/c1-5-4-7-6(2,3)8-5;3-1-2-4/h5H,4H2,1-3H3;. The average Bonchev–Trinajstić information content (AvgIpc) is 2.30. The van der Waals surface area contributed by atoms with E-state index in [-0.39, 0.29) is 11.9 Å². The van der Waals surface area contributed by atoms with Gasteiger partial charge in [0.05, 0.1) is 12.7 Å². The Kier molecular flexibility index (Phi) is 4.28. The Morgan fingerprint density at radius 3 is 1.92 bits per heavy atom. The molecule has 1 unspecified atom stereocenters. The lowest BCUT2D eigenvalue weighted by molar-refractivity contribution is -0.136. The van der Waals surface area contributed by atoms with Crippen LogP contribution in [0.3, 0.4) is 0 Å². The first-order valence-corrected chi connectivity index (χ1v) is 3.62. The molecule has 1 aliphatic rings. The summed E-state index contributed by atoms with van der Waals surface area (Å²) in [6.07, 6.45) is 0.269. The van der Waals surface area contributed by atoms with Gasteiger partial charge in [0.15, 0.2) is 17.9 Å². The van der Waals surface area contributed by atoms with E-state index in [0.29, 0.717) is 0 Å². The first kappa shape index (κ1) is 10.9. The number of ether oxygens (including phenoxy) is 2. The van der Waals surface area contributed by atoms with Crippen LogP contribution in [0.5, 0.6) is 0 Å². The summed E-state index contributed by atoms with van der Waals surface area (Å²) in [5.74, 6) is -0.334. The van der Waals surface area contributed by atoms with E-state index >= 15 is 0 Å². The van der Waals surface area contributed by atoms with E-state index in [0.717, 1.165) is 6.61 Å². The van der Waals surface area contributed by atoms with Gasteiger partial charge in [-0.2, -0.15) is 10.5 Å². The lowest BCUT2D eigenvalue weighted by atomic mass is 10.4. The van der Waals surface area contributed by atoms with Crippen molar-refractivity contribution in [1.82, 2.24) is 0 Å². The van der Waals surface area contributed by atoms with Crippen molar-refractivity contribution in [3.8, 4) is 12.1 Å². The fraction of sp³-hybridized carbons (Fsp3) is 0.750. The molecule has 66 valence electrons. The molecule has 1 aliphatic heterocycles. The van der Waals surface area contributed by atoms with Gasteiger partial charge in [0.1, 0.15) is 0 Å². The van der Waals surface area contributed by atoms with E-state index in [1.54, 1.807) is 0 Å². The number of nitriles is 2. The maximum atomic E-state index is 7.26. The third kappa shape index (κ3) is 4.68. The number of hydrogen-bond acceptors (Lipinski definition) is 4. The first-order valence-electron chi connectivity index (χ1n) is 3.62. The molecule has 1 atom stereocenters. The smallest absolute Gasteiger partial charge is 0.181 e. The maximum Gasteiger partial charge on any atom is 0.181 e. The van der Waals surface area contributed by atoms with Gasteiger partial charge in [-0.05, 0) is 20.8 Å². The predicted molar refractivity (Wildman–Crippen MR) is 41.8 cm³/mol. The number of hydrogen-bond donors (Lipinski definition) is 0. The molecule has 0 spiro atoms.